The van der Waals surface area contributed by atoms with E-state index in [1.165, 1.54) is 51.4 Å². The average molecular weight is 252 g/mol. The van der Waals surface area contributed by atoms with Gasteiger partial charge in [-0.05, 0) is 31.7 Å². The Morgan fingerprint density at radius 3 is 2.56 bits per heavy atom. The van der Waals surface area contributed by atoms with Gasteiger partial charge in [0.15, 0.2) is 0 Å². The lowest BCUT2D eigenvalue weighted by Gasteiger charge is -2.24. The van der Waals surface area contributed by atoms with Crippen LogP contribution >= 0.6 is 0 Å². The van der Waals surface area contributed by atoms with Crippen LogP contribution in [0.25, 0.3) is 0 Å². The van der Waals surface area contributed by atoms with E-state index in [0.29, 0.717) is 12.5 Å². The van der Waals surface area contributed by atoms with Crippen LogP contribution in [0.4, 0.5) is 0 Å². The van der Waals surface area contributed by atoms with Crippen molar-refractivity contribution in [2.75, 3.05) is 13.1 Å². The van der Waals surface area contributed by atoms with Gasteiger partial charge in [-0.15, -0.1) is 0 Å². The largest absolute Gasteiger partial charge is 0.356 e. The lowest BCUT2D eigenvalue weighted by molar-refractivity contribution is -0.121. The Balaban J connectivity index is 1.53. The molecule has 1 unspecified atom stereocenters. The highest BCUT2D eigenvalue weighted by Gasteiger charge is 2.17. The first-order valence-electron chi connectivity index (χ1n) is 7.84. The van der Waals surface area contributed by atoms with Crippen LogP contribution in [-0.4, -0.2) is 25.0 Å². The second kappa shape index (κ2) is 7.78. The van der Waals surface area contributed by atoms with E-state index in [1.54, 1.807) is 0 Å². The number of piperidine rings is 1. The molecule has 0 aromatic rings. The maximum Gasteiger partial charge on any atom is 0.221 e. The van der Waals surface area contributed by atoms with E-state index in [1.807, 2.05) is 0 Å². The van der Waals surface area contributed by atoms with E-state index in [2.05, 4.69) is 10.6 Å². The lowest BCUT2D eigenvalue weighted by atomic mass is 9.87. The summed E-state index contributed by atoms with van der Waals surface area (Å²) in [5, 5.41) is 6.53. The fourth-order valence-corrected chi connectivity index (χ4v) is 3.29. The van der Waals surface area contributed by atoms with Gasteiger partial charge in [0, 0.05) is 19.0 Å². The summed E-state index contributed by atoms with van der Waals surface area (Å²) >= 11 is 0. The lowest BCUT2D eigenvalue weighted by Crippen LogP contribution is -2.39. The third-order valence-electron chi connectivity index (χ3n) is 4.44. The zero-order valence-corrected chi connectivity index (χ0v) is 11.5. The normalized spacial score (nSPS) is 25.9. The topological polar surface area (TPSA) is 41.1 Å². The highest BCUT2D eigenvalue weighted by molar-refractivity contribution is 5.76. The van der Waals surface area contributed by atoms with Gasteiger partial charge >= 0.3 is 0 Å². The first-order chi connectivity index (χ1) is 8.84. The minimum Gasteiger partial charge on any atom is -0.356 e. The maximum absolute atomic E-state index is 11.8. The zero-order valence-electron chi connectivity index (χ0n) is 11.5. The van der Waals surface area contributed by atoms with Gasteiger partial charge in [0.25, 0.3) is 0 Å². The van der Waals surface area contributed by atoms with Gasteiger partial charge in [-0.2, -0.15) is 0 Å². The molecule has 0 aromatic carbocycles. The first-order valence-corrected chi connectivity index (χ1v) is 7.84. The van der Waals surface area contributed by atoms with E-state index in [4.69, 9.17) is 0 Å². The molecule has 3 heteroatoms. The highest BCUT2D eigenvalue weighted by atomic mass is 16.1. The summed E-state index contributed by atoms with van der Waals surface area (Å²) in [6.07, 6.45) is 12.5. The number of carbonyl (C=O) groups excluding carboxylic acids is 1. The van der Waals surface area contributed by atoms with Crippen LogP contribution in [0.2, 0.25) is 0 Å². The first kappa shape index (κ1) is 13.9. The summed E-state index contributed by atoms with van der Waals surface area (Å²) in [5.41, 5.74) is 0. The standard InChI is InChI=1S/C15H28N2O/c18-15(12-14-8-4-5-10-16-14)17-11-9-13-6-2-1-3-7-13/h13-14,16H,1-12H2,(H,17,18). The predicted molar refractivity (Wildman–Crippen MR) is 74.5 cm³/mol. The third kappa shape index (κ3) is 4.97. The van der Waals surface area contributed by atoms with E-state index in [9.17, 15) is 4.79 Å². The van der Waals surface area contributed by atoms with Crippen molar-refractivity contribution in [1.82, 2.24) is 10.6 Å². The number of rotatable bonds is 5. The van der Waals surface area contributed by atoms with Gasteiger partial charge in [0.05, 0.1) is 0 Å². The van der Waals surface area contributed by atoms with Crippen LogP contribution < -0.4 is 10.6 Å². The fourth-order valence-electron chi connectivity index (χ4n) is 3.29. The smallest absolute Gasteiger partial charge is 0.221 e. The van der Waals surface area contributed by atoms with E-state index < -0.39 is 0 Å². The van der Waals surface area contributed by atoms with Crippen molar-refractivity contribution in [2.24, 2.45) is 5.92 Å². The highest BCUT2D eigenvalue weighted by Crippen LogP contribution is 2.25. The third-order valence-corrected chi connectivity index (χ3v) is 4.44. The van der Waals surface area contributed by atoms with Crippen molar-refractivity contribution in [1.29, 1.82) is 0 Å². The maximum atomic E-state index is 11.8. The molecule has 2 aliphatic rings. The van der Waals surface area contributed by atoms with E-state index in [-0.39, 0.29) is 5.91 Å². The molecule has 1 aliphatic carbocycles. The molecule has 0 radical (unpaired) electrons. The average Bonchev–Trinajstić information content (AvgIpc) is 2.41. The minimum absolute atomic E-state index is 0.241. The fraction of sp³-hybridized carbons (Fsp3) is 0.933. The quantitative estimate of drug-likeness (QED) is 0.789. The Morgan fingerprint density at radius 1 is 1.06 bits per heavy atom. The summed E-state index contributed by atoms with van der Waals surface area (Å²) in [5.74, 6) is 1.11. The summed E-state index contributed by atoms with van der Waals surface area (Å²) in [6.45, 7) is 1.97. The molecule has 104 valence electrons. The molecule has 0 spiro atoms. The van der Waals surface area contributed by atoms with Gasteiger partial charge in [-0.3, -0.25) is 4.79 Å². The second-order valence-electron chi connectivity index (χ2n) is 5.99. The van der Waals surface area contributed by atoms with Gasteiger partial charge in [0.1, 0.15) is 0 Å². The predicted octanol–water partition coefficient (Wildman–Crippen LogP) is 2.61. The number of hydrogen-bond acceptors (Lipinski definition) is 2. The SMILES string of the molecule is O=C(CC1CCCCN1)NCCC1CCCCC1. The van der Waals surface area contributed by atoms with Crippen molar-refractivity contribution in [3.8, 4) is 0 Å². The molecule has 2 rings (SSSR count). The van der Waals surface area contributed by atoms with E-state index >= 15 is 0 Å². The van der Waals surface area contributed by atoms with Crippen LogP contribution in [-0.2, 0) is 4.79 Å². The summed E-state index contributed by atoms with van der Waals surface area (Å²) in [6, 6.07) is 0.424. The summed E-state index contributed by atoms with van der Waals surface area (Å²) < 4.78 is 0. The number of carbonyl (C=O) groups is 1. The minimum atomic E-state index is 0.241. The van der Waals surface area contributed by atoms with Gasteiger partial charge in [0.2, 0.25) is 5.91 Å². The van der Waals surface area contributed by atoms with Crippen LogP contribution in [0.3, 0.4) is 0 Å². The van der Waals surface area contributed by atoms with Crippen molar-refractivity contribution in [3.05, 3.63) is 0 Å². The summed E-state index contributed by atoms with van der Waals surface area (Å²) in [4.78, 5) is 11.8. The Hall–Kier alpha value is -0.570. The van der Waals surface area contributed by atoms with Gasteiger partial charge in [-0.25, -0.2) is 0 Å². The molecule has 1 amide bonds. The number of hydrogen-bond donors (Lipinski definition) is 2. The van der Waals surface area contributed by atoms with Crippen molar-refractivity contribution in [2.45, 2.75) is 70.3 Å². The van der Waals surface area contributed by atoms with Crippen molar-refractivity contribution < 1.29 is 4.79 Å². The molecule has 3 nitrogen and oxygen atoms in total. The Morgan fingerprint density at radius 2 is 1.83 bits per heavy atom. The molecule has 1 saturated heterocycles. The Labute approximate surface area is 111 Å². The Kier molecular flexibility index (Phi) is 5.98. The number of nitrogens with one attached hydrogen (secondary N) is 2. The molecule has 2 N–H and O–H groups in total. The zero-order chi connectivity index (χ0) is 12.6. The monoisotopic (exact) mass is 252 g/mol. The molecule has 1 saturated carbocycles. The van der Waals surface area contributed by atoms with Crippen LogP contribution in [0.1, 0.15) is 64.2 Å². The molecule has 1 atom stereocenters. The molecule has 18 heavy (non-hydrogen) atoms. The van der Waals surface area contributed by atoms with Crippen molar-refractivity contribution >= 4 is 5.91 Å². The molecular weight excluding hydrogens is 224 g/mol. The molecule has 0 bridgehead atoms. The molecule has 1 heterocycles. The Bertz CT molecular complexity index is 243. The van der Waals surface area contributed by atoms with Gasteiger partial charge in [-0.1, -0.05) is 38.5 Å². The molecular formula is C15H28N2O. The van der Waals surface area contributed by atoms with Crippen LogP contribution in [0.15, 0.2) is 0 Å². The van der Waals surface area contributed by atoms with E-state index in [0.717, 1.165) is 25.4 Å². The second-order valence-corrected chi connectivity index (χ2v) is 5.99. The number of amides is 1. The molecule has 2 fully saturated rings. The molecule has 0 aromatic heterocycles. The molecule has 1 aliphatic heterocycles. The summed E-state index contributed by atoms with van der Waals surface area (Å²) in [7, 11) is 0. The van der Waals surface area contributed by atoms with Crippen LogP contribution in [0, 0.1) is 5.92 Å². The van der Waals surface area contributed by atoms with Crippen molar-refractivity contribution in [3.63, 3.8) is 0 Å². The van der Waals surface area contributed by atoms with Gasteiger partial charge < -0.3 is 10.6 Å². The van der Waals surface area contributed by atoms with Crippen LogP contribution in [0.5, 0.6) is 0 Å².